The number of benzene rings is 1. The van der Waals surface area contributed by atoms with Crippen LogP contribution in [-0.4, -0.2) is 28.8 Å². The van der Waals surface area contributed by atoms with Crippen molar-refractivity contribution >= 4 is 17.5 Å². The maximum absolute atomic E-state index is 11.7. The molecule has 106 valence electrons. The van der Waals surface area contributed by atoms with Crippen LogP contribution in [0, 0.1) is 5.92 Å². The first-order chi connectivity index (χ1) is 8.93. The van der Waals surface area contributed by atoms with Gasteiger partial charge in [-0.1, -0.05) is 37.9 Å². The van der Waals surface area contributed by atoms with Crippen molar-refractivity contribution in [1.29, 1.82) is 0 Å². The molecule has 1 aromatic carbocycles. The zero-order chi connectivity index (χ0) is 14.4. The van der Waals surface area contributed by atoms with E-state index in [4.69, 9.17) is 11.6 Å². The van der Waals surface area contributed by atoms with Crippen LogP contribution in [0.15, 0.2) is 18.2 Å². The molecule has 0 saturated heterocycles. The molecule has 3 N–H and O–H groups in total. The second-order valence-electron chi connectivity index (χ2n) is 4.71. The Bertz CT molecular complexity index is 437. The molecule has 0 bridgehead atoms. The number of aliphatic hydroxyl groups excluding tert-OH is 1. The number of hydrogen-bond acceptors (Lipinski definition) is 3. The number of aromatic hydroxyl groups is 1. The molecule has 0 aromatic heterocycles. The molecule has 2 atom stereocenters. The molecule has 0 aliphatic carbocycles. The van der Waals surface area contributed by atoms with Crippen molar-refractivity contribution in [2.75, 3.05) is 6.54 Å². The number of carbonyl (C=O) groups is 1. The summed E-state index contributed by atoms with van der Waals surface area (Å²) < 4.78 is 0. The standard InChI is InChI=1S/C14H20ClNO3/c1-3-9(2)13(18)8-16-14(19)6-10-4-5-11(17)7-12(10)15/h4-5,7,9,13,17-18H,3,6,8H2,1-2H3,(H,16,19). The smallest absolute Gasteiger partial charge is 0.224 e. The second-order valence-corrected chi connectivity index (χ2v) is 5.12. The van der Waals surface area contributed by atoms with Crippen LogP contribution >= 0.6 is 11.6 Å². The molecule has 0 aliphatic heterocycles. The molecular weight excluding hydrogens is 266 g/mol. The van der Waals surface area contributed by atoms with Crippen molar-refractivity contribution in [3.05, 3.63) is 28.8 Å². The van der Waals surface area contributed by atoms with Gasteiger partial charge in [0, 0.05) is 11.6 Å². The molecule has 0 radical (unpaired) electrons. The predicted molar refractivity (Wildman–Crippen MR) is 75.3 cm³/mol. The van der Waals surface area contributed by atoms with Crippen molar-refractivity contribution in [3.8, 4) is 5.75 Å². The van der Waals surface area contributed by atoms with E-state index in [0.29, 0.717) is 10.6 Å². The van der Waals surface area contributed by atoms with Gasteiger partial charge in [-0.3, -0.25) is 4.79 Å². The Morgan fingerprint density at radius 1 is 1.47 bits per heavy atom. The average molecular weight is 286 g/mol. The van der Waals surface area contributed by atoms with Gasteiger partial charge in [0.25, 0.3) is 0 Å². The number of phenols is 1. The Labute approximate surface area is 118 Å². The molecule has 1 rings (SSSR count). The average Bonchev–Trinajstić information content (AvgIpc) is 2.38. The van der Waals surface area contributed by atoms with E-state index < -0.39 is 6.10 Å². The Morgan fingerprint density at radius 3 is 2.74 bits per heavy atom. The fraction of sp³-hybridized carbons (Fsp3) is 0.500. The lowest BCUT2D eigenvalue weighted by Gasteiger charge is -2.17. The fourth-order valence-electron chi connectivity index (χ4n) is 1.61. The summed E-state index contributed by atoms with van der Waals surface area (Å²) in [6.07, 6.45) is 0.455. The zero-order valence-electron chi connectivity index (χ0n) is 11.2. The first kappa shape index (κ1) is 15.8. The van der Waals surface area contributed by atoms with Gasteiger partial charge >= 0.3 is 0 Å². The summed E-state index contributed by atoms with van der Waals surface area (Å²) in [4.78, 5) is 11.7. The van der Waals surface area contributed by atoms with Crippen molar-refractivity contribution in [1.82, 2.24) is 5.32 Å². The van der Waals surface area contributed by atoms with Gasteiger partial charge in [-0.05, 0) is 23.6 Å². The van der Waals surface area contributed by atoms with E-state index in [1.54, 1.807) is 6.07 Å². The largest absolute Gasteiger partial charge is 0.508 e. The van der Waals surface area contributed by atoms with Gasteiger partial charge in [-0.15, -0.1) is 0 Å². The van der Waals surface area contributed by atoms with Crippen LogP contribution in [0.2, 0.25) is 5.02 Å². The molecule has 2 unspecified atom stereocenters. The van der Waals surface area contributed by atoms with Crippen LogP contribution in [-0.2, 0) is 11.2 Å². The number of rotatable bonds is 6. The molecule has 19 heavy (non-hydrogen) atoms. The van der Waals surface area contributed by atoms with Gasteiger partial charge in [-0.2, -0.15) is 0 Å². The number of hydrogen-bond donors (Lipinski definition) is 3. The Morgan fingerprint density at radius 2 is 2.16 bits per heavy atom. The Hall–Kier alpha value is -1.26. The number of phenolic OH excluding ortho intramolecular Hbond substituents is 1. The monoisotopic (exact) mass is 285 g/mol. The summed E-state index contributed by atoms with van der Waals surface area (Å²) in [6.45, 7) is 4.17. The molecule has 5 heteroatoms. The molecule has 0 saturated carbocycles. The molecular formula is C14H20ClNO3. The molecule has 0 heterocycles. The van der Waals surface area contributed by atoms with Crippen LogP contribution in [0.1, 0.15) is 25.8 Å². The van der Waals surface area contributed by atoms with E-state index in [9.17, 15) is 15.0 Å². The second kappa shape index (κ2) is 7.36. The van der Waals surface area contributed by atoms with Crippen LogP contribution in [0.25, 0.3) is 0 Å². The number of aliphatic hydroxyl groups is 1. The van der Waals surface area contributed by atoms with Crippen LogP contribution in [0.4, 0.5) is 0 Å². The van der Waals surface area contributed by atoms with Gasteiger partial charge in [0.1, 0.15) is 5.75 Å². The highest BCUT2D eigenvalue weighted by Crippen LogP contribution is 2.21. The first-order valence-corrected chi connectivity index (χ1v) is 6.74. The van der Waals surface area contributed by atoms with Crippen molar-refractivity contribution in [3.63, 3.8) is 0 Å². The molecule has 4 nitrogen and oxygen atoms in total. The summed E-state index contributed by atoms with van der Waals surface area (Å²) in [5.41, 5.74) is 0.648. The molecule has 0 aliphatic rings. The maximum Gasteiger partial charge on any atom is 0.224 e. The molecule has 1 amide bonds. The maximum atomic E-state index is 11.7. The van der Waals surface area contributed by atoms with E-state index in [-0.39, 0.29) is 30.5 Å². The zero-order valence-corrected chi connectivity index (χ0v) is 11.9. The SMILES string of the molecule is CCC(C)C(O)CNC(=O)Cc1ccc(O)cc1Cl. The quantitative estimate of drug-likeness (QED) is 0.750. The third-order valence-corrected chi connectivity index (χ3v) is 3.55. The summed E-state index contributed by atoms with van der Waals surface area (Å²) in [7, 11) is 0. The molecule has 0 spiro atoms. The van der Waals surface area contributed by atoms with Gasteiger partial charge in [0.2, 0.25) is 5.91 Å². The van der Waals surface area contributed by atoms with Gasteiger partial charge in [0.05, 0.1) is 12.5 Å². The minimum absolute atomic E-state index is 0.0707. The molecule has 0 fully saturated rings. The predicted octanol–water partition coefficient (Wildman–Crippen LogP) is 2.11. The normalized spacial score (nSPS) is 13.9. The van der Waals surface area contributed by atoms with E-state index in [2.05, 4.69) is 5.32 Å². The third kappa shape index (κ3) is 5.09. The van der Waals surface area contributed by atoms with Crippen molar-refractivity contribution < 1.29 is 15.0 Å². The highest BCUT2D eigenvalue weighted by atomic mass is 35.5. The summed E-state index contributed by atoms with van der Waals surface area (Å²) in [5.74, 6) is 0.0221. The Balaban J connectivity index is 2.47. The summed E-state index contributed by atoms with van der Waals surface area (Å²) in [6, 6.07) is 4.50. The van der Waals surface area contributed by atoms with Crippen LogP contribution in [0.5, 0.6) is 5.75 Å². The number of carbonyl (C=O) groups excluding carboxylic acids is 1. The van der Waals surface area contributed by atoms with E-state index >= 15 is 0 Å². The highest BCUT2D eigenvalue weighted by molar-refractivity contribution is 6.31. The van der Waals surface area contributed by atoms with Crippen molar-refractivity contribution in [2.24, 2.45) is 5.92 Å². The number of nitrogens with one attached hydrogen (secondary N) is 1. The lowest BCUT2D eigenvalue weighted by atomic mass is 10.0. The summed E-state index contributed by atoms with van der Waals surface area (Å²) in [5, 5.41) is 22.0. The molecule has 1 aromatic rings. The topological polar surface area (TPSA) is 69.6 Å². The van der Waals surface area contributed by atoms with Gasteiger partial charge in [-0.25, -0.2) is 0 Å². The number of halogens is 1. The van der Waals surface area contributed by atoms with E-state index in [0.717, 1.165) is 6.42 Å². The van der Waals surface area contributed by atoms with Crippen LogP contribution in [0.3, 0.4) is 0 Å². The van der Waals surface area contributed by atoms with Crippen molar-refractivity contribution in [2.45, 2.75) is 32.8 Å². The lowest BCUT2D eigenvalue weighted by molar-refractivity contribution is -0.121. The fourth-order valence-corrected chi connectivity index (χ4v) is 1.85. The summed E-state index contributed by atoms with van der Waals surface area (Å²) >= 11 is 5.92. The van der Waals surface area contributed by atoms with Gasteiger partial charge in [0.15, 0.2) is 0 Å². The first-order valence-electron chi connectivity index (χ1n) is 6.36. The third-order valence-electron chi connectivity index (χ3n) is 3.20. The minimum atomic E-state index is -0.538. The lowest BCUT2D eigenvalue weighted by Crippen LogP contribution is -2.36. The number of amides is 1. The van der Waals surface area contributed by atoms with E-state index in [1.165, 1.54) is 12.1 Å². The van der Waals surface area contributed by atoms with E-state index in [1.807, 2.05) is 13.8 Å². The van der Waals surface area contributed by atoms with Gasteiger partial charge < -0.3 is 15.5 Å². The minimum Gasteiger partial charge on any atom is -0.508 e. The van der Waals surface area contributed by atoms with Crippen LogP contribution < -0.4 is 5.32 Å². The highest BCUT2D eigenvalue weighted by Gasteiger charge is 2.14. The Kier molecular flexibility index (Phi) is 6.12.